The normalized spacial score (nSPS) is 12.5. The zero-order valence-corrected chi connectivity index (χ0v) is 12.5. The van der Waals surface area contributed by atoms with Gasteiger partial charge in [0.25, 0.3) is 0 Å². The molecule has 0 aliphatic heterocycles. The number of hydrogen-bond donors (Lipinski definition) is 0. The van der Waals surface area contributed by atoms with Crippen LogP contribution in [-0.4, -0.2) is 6.10 Å². The molecule has 0 spiro atoms. The molecule has 0 aromatic heterocycles. The van der Waals surface area contributed by atoms with Crippen LogP contribution in [0, 0.1) is 5.82 Å². The third-order valence-electron chi connectivity index (χ3n) is 2.72. The second-order valence-corrected chi connectivity index (χ2v) is 5.54. The Kier molecular flexibility index (Phi) is 4.59. The molecule has 19 heavy (non-hydrogen) atoms. The van der Waals surface area contributed by atoms with Crippen LogP contribution < -0.4 is 4.74 Å². The standard InChI is InChI=1S/C16H16BrFO/c1-11(2)19-13-9-7-12(8-10-13)16(17)14-5-3-4-6-15(14)18/h3-11,16H,1-2H3. The van der Waals surface area contributed by atoms with Gasteiger partial charge in [0.2, 0.25) is 0 Å². The predicted molar refractivity (Wildman–Crippen MR) is 79.4 cm³/mol. The highest BCUT2D eigenvalue weighted by molar-refractivity contribution is 9.09. The minimum absolute atomic E-state index is 0.150. The van der Waals surface area contributed by atoms with E-state index in [1.807, 2.05) is 44.2 Å². The molecule has 0 heterocycles. The quantitative estimate of drug-likeness (QED) is 0.712. The summed E-state index contributed by atoms with van der Waals surface area (Å²) in [7, 11) is 0. The summed E-state index contributed by atoms with van der Waals surface area (Å²) in [4.78, 5) is -0.151. The number of halogens is 2. The van der Waals surface area contributed by atoms with Gasteiger partial charge in [-0.15, -0.1) is 0 Å². The van der Waals surface area contributed by atoms with E-state index in [0.29, 0.717) is 5.56 Å². The second-order valence-electron chi connectivity index (χ2n) is 4.62. The summed E-state index contributed by atoms with van der Waals surface area (Å²) < 4.78 is 19.3. The van der Waals surface area contributed by atoms with Crippen LogP contribution in [0.4, 0.5) is 4.39 Å². The molecule has 0 bridgehead atoms. The smallest absolute Gasteiger partial charge is 0.127 e. The molecule has 0 radical (unpaired) electrons. The molecule has 3 heteroatoms. The van der Waals surface area contributed by atoms with Crippen LogP contribution in [0.1, 0.15) is 29.8 Å². The summed E-state index contributed by atoms with van der Waals surface area (Å²) >= 11 is 3.54. The van der Waals surface area contributed by atoms with Crippen LogP contribution in [0.15, 0.2) is 48.5 Å². The molecule has 0 aliphatic rings. The Morgan fingerprint density at radius 3 is 2.21 bits per heavy atom. The Morgan fingerprint density at radius 1 is 1.00 bits per heavy atom. The summed E-state index contributed by atoms with van der Waals surface area (Å²) in [5, 5.41) is 0. The zero-order valence-electron chi connectivity index (χ0n) is 10.9. The molecular weight excluding hydrogens is 307 g/mol. The molecule has 0 aliphatic carbocycles. The van der Waals surface area contributed by atoms with Crippen LogP contribution in [0.3, 0.4) is 0 Å². The fourth-order valence-corrected chi connectivity index (χ4v) is 2.52. The fraction of sp³-hybridized carbons (Fsp3) is 0.250. The SMILES string of the molecule is CC(C)Oc1ccc(C(Br)c2ccccc2F)cc1. The molecule has 2 rings (SSSR count). The molecule has 0 amide bonds. The van der Waals surface area contributed by atoms with Crippen LogP contribution in [0.25, 0.3) is 0 Å². The van der Waals surface area contributed by atoms with E-state index in [0.717, 1.165) is 11.3 Å². The predicted octanol–water partition coefficient (Wildman–Crippen LogP) is 5.10. The highest BCUT2D eigenvalue weighted by Crippen LogP contribution is 2.33. The Bertz CT molecular complexity index is 537. The van der Waals surface area contributed by atoms with E-state index >= 15 is 0 Å². The van der Waals surface area contributed by atoms with Crippen molar-refractivity contribution >= 4 is 15.9 Å². The van der Waals surface area contributed by atoms with Crippen molar-refractivity contribution in [1.82, 2.24) is 0 Å². The molecule has 2 aromatic carbocycles. The lowest BCUT2D eigenvalue weighted by Crippen LogP contribution is -2.05. The van der Waals surface area contributed by atoms with Crippen LogP contribution in [0.5, 0.6) is 5.75 Å². The second kappa shape index (κ2) is 6.20. The molecule has 1 atom stereocenters. The van der Waals surface area contributed by atoms with Crippen LogP contribution in [0.2, 0.25) is 0 Å². The summed E-state index contributed by atoms with van der Waals surface area (Å²) in [6, 6.07) is 14.5. The third-order valence-corrected chi connectivity index (χ3v) is 3.74. The Hall–Kier alpha value is -1.35. The van der Waals surface area contributed by atoms with Crippen molar-refractivity contribution in [3.8, 4) is 5.75 Å². The number of rotatable bonds is 4. The fourth-order valence-electron chi connectivity index (χ4n) is 1.85. The van der Waals surface area contributed by atoms with E-state index in [1.54, 1.807) is 12.1 Å². The minimum Gasteiger partial charge on any atom is -0.491 e. The Balaban J connectivity index is 2.20. The van der Waals surface area contributed by atoms with Gasteiger partial charge in [0.1, 0.15) is 11.6 Å². The molecule has 1 nitrogen and oxygen atoms in total. The number of benzene rings is 2. The van der Waals surface area contributed by atoms with Crippen molar-refractivity contribution in [1.29, 1.82) is 0 Å². The first-order valence-electron chi connectivity index (χ1n) is 6.23. The Labute approximate surface area is 121 Å². The average Bonchev–Trinajstić information content (AvgIpc) is 2.39. The van der Waals surface area contributed by atoms with E-state index in [2.05, 4.69) is 15.9 Å². The summed E-state index contributed by atoms with van der Waals surface area (Å²) in [5.41, 5.74) is 1.64. The van der Waals surface area contributed by atoms with Crippen molar-refractivity contribution in [2.24, 2.45) is 0 Å². The van der Waals surface area contributed by atoms with E-state index < -0.39 is 0 Å². The molecule has 2 aromatic rings. The first kappa shape index (κ1) is 14.1. The summed E-state index contributed by atoms with van der Waals surface area (Å²) in [6.07, 6.45) is 0.150. The highest BCUT2D eigenvalue weighted by Gasteiger charge is 2.14. The van der Waals surface area contributed by atoms with Crippen molar-refractivity contribution in [2.45, 2.75) is 24.8 Å². The van der Waals surface area contributed by atoms with E-state index in [1.165, 1.54) is 6.07 Å². The average molecular weight is 323 g/mol. The molecule has 0 saturated heterocycles. The van der Waals surface area contributed by atoms with Gasteiger partial charge in [-0.3, -0.25) is 0 Å². The lowest BCUT2D eigenvalue weighted by Gasteiger charge is -2.14. The number of hydrogen-bond acceptors (Lipinski definition) is 1. The molecule has 0 N–H and O–H groups in total. The molecular formula is C16H16BrFO. The van der Waals surface area contributed by atoms with Gasteiger partial charge in [0.15, 0.2) is 0 Å². The maximum Gasteiger partial charge on any atom is 0.127 e. The van der Waals surface area contributed by atoms with Crippen molar-refractivity contribution in [3.63, 3.8) is 0 Å². The van der Waals surface area contributed by atoms with Crippen LogP contribution in [-0.2, 0) is 0 Å². The molecule has 1 unspecified atom stereocenters. The molecule has 100 valence electrons. The maximum absolute atomic E-state index is 13.7. The first-order chi connectivity index (χ1) is 9.08. The molecule has 0 saturated carbocycles. The lowest BCUT2D eigenvalue weighted by atomic mass is 10.0. The van der Waals surface area contributed by atoms with Crippen molar-refractivity contribution in [3.05, 3.63) is 65.5 Å². The van der Waals surface area contributed by atoms with Crippen molar-refractivity contribution in [2.75, 3.05) is 0 Å². The van der Waals surface area contributed by atoms with E-state index in [4.69, 9.17) is 4.74 Å². The van der Waals surface area contributed by atoms with E-state index in [-0.39, 0.29) is 16.7 Å². The number of alkyl halides is 1. The Morgan fingerprint density at radius 2 is 1.63 bits per heavy atom. The zero-order chi connectivity index (χ0) is 13.8. The first-order valence-corrected chi connectivity index (χ1v) is 7.14. The van der Waals surface area contributed by atoms with Gasteiger partial charge in [0.05, 0.1) is 10.9 Å². The van der Waals surface area contributed by atoms with Crippen LogP contribution >= 0.6 is 15.9 Å². The summed E-state index contributed by atoms with van der Waals surface area (Å²) in [6.45, 7) is 3.97. The lowest BCUT2D eigenvalue weighted by molar-refractivity contribution is 0.242. The van der Waals surface area contributed by atoms with Gasteiger partial charge in [-0.05, 0) is 37.6 Å². The van der Waals surface area contributed by atoms with Gasteiger partial charge < -0.3 is 4.74 Å². The third kappa shape index (κ3) is 3.57. The maximum atomic E-state index is 13.7. The topological polar surface area (TPSA) is 9.23 Å². The van der Waals surface area contributed by atoms with Gasteiger partial charge >= 0.3 is 0 Å². The minimum atomic E-state index is -0.202. The highest BCUT2D eigenvalue weighted by atomic mass is 79.9. The largest absolute Gasteiger partial charge is 0.491 e. The summed E-state index contributed by atoms with van der Waals surface area (Å²) in [5.74, 6) is 0.624. The number of ether oxygens (including phenoxy) is 1. The van der Waals surface area contributed by atoms with Crippen molar-refractivity contribution < 1.29 is 9.13 Å². The molecule has 0 fully saturated rings. The monoisotopic (exact) mass is 322 g/mol. The van der Waals surface area contributed by atoms with Gasteiger partial charge in [0, 0.05) is 5.56 Å². The van der Waals surface area contributed by atoms with E-state index in [9.17, 15) is 4.39 Å². The van der Waals surface area contributed by atoms with Gasteiger partial charge in [-0.25, -0.2) is 4.39 Å². The van der Waals surface area contributed by atoms with Gasteiger partial charge in [-0.1, -0.05) is 46.3 Å². The van der Waals surface area contributed by atoms with Gasteiger partial charge in [-0.2, -0.15) is 0 Å².